The first-order chi connectivity index (χ1) is 9.20. The number of rotatable bonds is 4. The van der Waals surface area contributed by atoms with Crippen molar-refractivity contribution in [3.8, 4) is 0 Å². The fourth-order valence-corrected chi connectivity index (χ4v) is 3.06. The molecule has 2 N–H and O–H groups in total. The average Bonchev–Trinajstić information content (AvgIpc) is 2.84. The van der Waals surface area contributed by atoms with E-state index in [4.69, 9.17) is 10.7 Å². The van der Waals surface area contributed by atoms with Crippen molar-refractivity contribution < 1.29 is 21.2 Å². The van der Waals surface area contributed by atoms with Gasteiger partial charge in [0.15, 0.2) is 5.03 Å². The number of aromatic nitrogens is 2. The number of aromatic amines is 1. The van der Waals surface area contributed by atoms with E-state index < -0.39 is 35.5 Å². The highest BCUT2D eigenvalue weighted by Gasteiger charge is 2.19. The number of hydrogen-bond acceptors (Lipinski definition) is 5. The molecular weight excluding hydrogens is 333 g/mol. The highest BCUT2D eigenvalue weighted by atomic mass is 35.7. The second-order valence-electron chi connectivity index (χ2n) is 3.61. The van der Waals surface area contributed by atoms with E-state index in [2.05, 4.69) is 10.2 Å². The summed E-state index contributed by atoms with van der Waals surface area (Å²) in [6.07, 6.45) is 1.22. The molecule has 0 aliphatic heterocycles. The molecule has 0 atom stereocenters. The van der Waals surface area contributed by atoms with Gasteiger partial charge in [-0.05, 0) is 24.3 Å². The van der Waals surface area contributed by atoms with Crippen LogP contribution in [0.3, 0.4) is 0 Å². The van der Waals surface area contributed by atoms with Crippen LogP contribution in [0, 0.1) is 5.82 Å². The maximum Gasteiger partial charge on any atom is 0.278 e. The van der Waals surface area contributed by atoms with Crippen molar-refractivity contribution in [2.24, 2.45) is 0 Å². The van der Waals surface area contributed by atoms with Gasteiger partial charge in [0.05, 0.1) is 16.8 Å². The van der Waals surface area contributed by atoms with E-state index >= 15 is 0 Å². The molecule has 0 bridgehead atoms. The van der Waals surface area contributed by atoms with E-state index in [0.29, 0.717) is 6.07 Å². The van der Waals surface area contributed by atoms with Gasteiger partial charge in [-0.1, -0.05) is 0 Å². The van der Waals surface area contributed by atoms with Crippen molar-refractivity contribution in [2.45, 2.75) is 9.92 Å². The van der Waals surface area contributed by atoms with Gasteiger partial charge in [-0.25, -0.2) is 12.8 Å². The van der Waals surface area contributed by atoms with E-state index in [1.165, 1.54) is 12.3 Å². The maximum atomic E-state index is 13.7. The van der Waals surface area contributed by atoms with Gasteiger partial charge in [0.1, 0.15) is 5.82 Å². The zero-order chi connectivity index (χ0) is 15.0. The third-order valence-electron chi connectivity index (χ3n) is 2.23. The Balaban J connectivity index is 2.37. The number of nitrogens with zero attached hydrogens (tertiary/aromatic N) is 1. The first-order valence-electron chi connectivity index (χ1n) is 4.96. The molecular formula is C9H7ClFN3O4S2. The molecule has 1 heterocycles. The lowest BCUT2D eigenvalue weighted by Crippen LogP contribution is -2.14. The van der Waals surface area contributed by atoms with Crippen LogP contribution in [0.15, 0.2) is 40.4 Å². The summed E-state index contributed by atoms with van der Waals surface area (Å²) >= 11 is 0. The van der Waals surface area contributed by atoms with Crippen LogP contribution in [0.25, 0.3) is 0 Å². The SMILES string of the molecule is O=S(=O)(Cl)c1ccc(NS(=O)(=O)c2ccn[nH]2)c(F)c1. The van der Waals surface area contributed by atoms with Crippen LogP contribution in [-0.4, -0.2) is 27.0 Å². The number of hydrogen-bond donors (Lipinski definition) is 2. The zero-order valence-corrected chi connectivity index (χ0v) is 11.9. The van der Waals surface area contributed by atoms with Crippen LogP contribution < -0.4 is 4.72 Å². The maximum absolute atomic E-state index is 13.7. The number of nitrogens with one attached hydrogen (secondary N) is 2. The Morgan fingerprint density at radius 1 is 1.20 bits per heavy atom. The van der Waals surface area contributed by atoms with Gasteiger partial charge in [-0.3, -0.25) is 9.82 Å². The summed E-state index contributed by atoms with van der Waals surface area (Å²) in [6, 6.07) is 3.74. The molecule has 0 fully saturated rings. The van der Waals surface area contributed by atoms with Crippen molar-refractivity contribution in [3.63, 3.8) is 0 Å². The molecule has 108 valence electrons. The topological polar surface area (TPSA) is 109 Å². The standard InChI is InChI=1S/C9H7ClFN3O4S2/c10-19(15,16)6-1-2-8(7(11)5-6)14-20(17,18)9-3-4-12-13-9/h1-5,14H,(H,12,13). The number of halogens is 2. The summed E-state index contributed by atoms with van der Waals surface area (Å²) < 4.78 is 61.3. The fraction of sp³-hybridized carbons (Fsp3) is 0. The van der Waals surface area contributed by atoms with Crippen molar-refractivity contribution in [1.29, 1.82) is 0 Å². The van der Waals surface area contributed by atoms with Crippen LogP contribution >= 0.6 is 10.7 Å². The van der Waals surface area contributed by atoms with Gasteiger partial charge < -0.3 is 0 Å². The highest BCUT2D eigenvalue weighted by molar-refractivity contribution is 8.13. The molecule has 1 aromatic heterocycles. The lowest BCUT2D eigenvalue weighted by atomic mass is 10.3. The third kappa shape index (κ3) is 3.08. The largest absolute Gasteiger partial charge is 0.278 e. The summed E-state index contributed by atoms with van der Waals surface area (Å²) in [4.78, 5) is -0.471. The molecule has 0 saturated heterocycles. The minimum absolute atomic E-state index is 0.258. The van der Waals surface area contributed by atoms with Crippen LogP contribution in [0.1, 0.15) is 0 Å². The van der Waals surface area contributed by atoms with E-state index in [0.717, 1.165) is 12.1 Å². The lowest BCUT2D eigenvalue weighted by Gasteiger charge is -2.07. The molecule has 0 aliphatic rings. The van der Waals surface area contributed by atoms with E-state index in [9.17, 15) is 21.2 Å². The predicted octanol–water partition coefficient (Wildman–Crippen LogP) is 1.28. The van der Waals surface area contributed by atoms with Crippen LogP contribution in [0.5, 0.6) is 0 Å². The van der Waals surface area contributed by atoms with E-state index in [1.807, 2.05) is 4.72 Å². The monoisotopic (exact) mass is 339 g/mol. The van der Waals surface area contributed by atoms with Crippen molar-refractivity contribution in [2.75, 3.05) is 4.72 Å². The first kappa shape index (κ1) is 14.8. The first-order valence-corrected chi connectivity index (χ1v) is 8.76. The molecule has 0 aliphatic carbocycles. The van der Waals surface area contributed by atoms with Gasteiger partial charge in [0.2, 0.25) is 0 Å². The van der Waals surface area contributed by atoms with Crippen LogP contribution in [0.2, 0.25) is 0 Å². The number of benzene rings is 1. The number of anilines is 1. The molecule has 2 aromatic rings. The molecule has 0 unspecified atom stereocenters. The molecule has 0 saturated carbocycles. The minimum Gasteiger partial charge on any atom is -0.275 e. The summed E-state index contributed by atoms with van der Waals surface area (Å²) in [5, 5.41) is 5.42. The number of sulfonamides is 1. The smallest absolute Gasteiger partial charge is 0.275 e. The third-order valence-corrected chi connectivity index (χ3v) is 4.88. The average molecular weight is 340 g/mol. The molecule has 7 nitrogen and oxygen atoms in total. The van der Waals surface area contributed by atoms with Gasteiger partial charge >= 0.3 is 0 Å². The van der Waals surface area contributed by atoms with Gasteiger partial charge in [0.25, 0.3) is 19.1 Å². The molecule has 0 amide bonds. The Bertz CT molecular complexity index is 834. The quantitative estimate of drug-likeness (QED) is 0.815. The number of H-pyrrole nitrogens is 1. The predicted molar refractivity (Wildman–Crippen MR) is 68.8 cm³/mol. The summed E-state index contributed by atoms with van der Waals surface area (Å²) in [6.45, 7) is 0. The van der Waals surface area contributed by atoms with Crippen molar-refractivity contribution >= 4 is 35.4 Å². The zero-order valence-electron chi connectivity index (χ0n) is 9.54. The van der Waals surface area contributed by atoms with Crippen molar-refractivity contribution in [1.82, 2.24) is 10.2 Å². The van der Waals surface area contributed by atoms with E-state index in [1.54, 1.807) is 0 Å². The van der Waals surface area contributed by atoms with Crippen molar-refractivity contribution in [3.05, 3.63) is 36.3 Å². The molecule has 20 heavy (non-hydrogen) atoms. The Morgan fingerprint density at radius 3 is 2.40 bits per heavy atom. The second-order valence-corrected chi connectivity index (χ2v) is 7.82. The highest BCUT2D eigenvalue weighted by Crippen LogP contribution is 2.23. The second kappa shape index (κ2) is 5.04. The molecule has 0 radical (unpaired) electrons. The summed E-state index contributed by atoms with van der Waals surface area (Å²) in [5.74, 6) is -1.07. The minimum atomic E-state index is -4.09. The Hall–Kier alpha value is -1.65. The molecule has 1 aromatic carbocycles. The van der Waals surface area contributed by atoms with Gasteiger partial charge in [-0.15, -0.1) is 0 Å². The van der Waals surface area contributed by atoms with E-state index in [-0.39, 0.29) is 5.03 Å². The normalized spacial score (nSPS) is 12.3. The molecule has 11 heteroatoms. The Labute approximate surface area is 118 Å². The fourth-order valence-electron chi connectivity index (χ4n) is 1.32. The lowest BCUT2D eigenvalue weighted by molar-refractivity contribution is 0.594. The van der Waals surface area contributed by atoms with Gasteiger partial charge in [-0.2, -0.15) is 13.5 Å². The van der Waals surface area contributed by atoms with Crippen LogP contribution in [0.4, 0.5) is 10.1 Å². The Kier molecular flexibility index (Phi) is 3.71. The summed E-state index contributed by atoms with van der Waals surface area (Å²) in [5.41, 5.74) is -0.413. The molecule has 2 rings (SSSR count). The van der Waals surface area contributed by atoms with Gasteiger partial charge in [0, 0.05) is 10.7 Å². The Morgan fingerprint density at radius 2 is 1.90 bits per heavy atom. The molecule has 0 spiro atoms. The summed E-state index contributed by atoms with van der Waals surface area (Å²) in [7, 11) is -3.07. The van der Waals surface area contributed by atoms with Crippen LogP contribution in [-0.2, 0) is 19.1 Å².